The molecule has 7 heteroatoms. The fourth-order valence-electron chi connectivity index (χ4n) is 1.84. The summed E-state index contributed by atoms with van der Waals surface area (Å²) in [4.78, 5) is 34.3. The van der Waals surface area contributed by atoms with Gasteiger partial charge >= 0.3 is 12.0 Å². The van der Waals surface area contributed by atoms with Crippen molar-refractivity contribution in [1.82, 2.24) is 5.32 Å². The van der Waals surface area contributed by atoms with Gasteiger partial charge in [0.15, 0.2) is 0 Å². The van der Waals surface area contributed by atoms with Crippen molar-refractivity contribution in [3.8, 4) is 0 Å². The van der Waals surface area contributed by atoms with E-state index in [2.05, 4.69) is 10.6 Å². The second-order valence-electron chi connectivity index (χ2n) is 4.71. The fourth-order valence-corrected chi connectivity index (χ4v) is 1.84. The standard InChI is InChI=1S/C14H19N3O4/c1-3-8(2)11(17-14(15)21)12(18)16-10-7-5-4-6-9(10)13(19)20/h4-8,11H,3H2,1-2H3,(H,16,18)(H,19,20)(H3,15,17,21). The number of amides is 3. The summed E-state index contributed by atoms with van der Waals surface area (Å²) in [6.45, 7) is 3.67. The molecule has 21 heavy (non-hydrogen) atoms. The Hall–Kier alpha value is -2.57. The lowest BCUT2D eigenvalue weighted by Crippen LogP contribution is -2.49. The summed E-state index contributed by atoms with van der Waals surface area (Å²) >= 11 is 0. The SMILES string of the molecule is CCC(C)C(NC(N)=O)C(=O)Nc1ccccc1C(=O)O. The van der Waals surface area contributed by atoms with Gasteiger partial charge in [-0.3, -0.25) is 4.79 Å². The summed E-state index contributed by atoms with van der Waals surface area (Å²) in [6, 6.07) is 4.42. The Morgan fingerprint density at radius 1 is 1.29 bits per heavy atom. The van der Waals surface area contributed by atoms with E-state index in [1.165, 1.54) is 12.1 Å². The number of aromatic carboxylic acids is 1. The number of nitrogens with two attached hydrogens (primary N) is 1. The number of carboxylic acid groups (broad SMARTS) is 1. The zero-order valence-corrected chi connectivity index (χ0v) is 11.9. The minimum absolute atomic E-state index is 0.0205. The van der Waals surface area contributed by atoms with Gasteiger partial charge in [0.05, 0.1) is 11.3 Å². The molecule has 1 rings (SSSR count). The van der Waals surface area contributed by atoms with Crippen LogP contribution >= 0.6 is 0 Å². The van der Waals surface area contributed by atoms with Crippen LogP contribution in [0.25, 0.3) is 0 Å². The lowest BCUT2D eigenvalue weighted by atomic mass is 9.98. The molecule has 0 saturated carbocycles. The van der Waals surface area contributed by atoms with Gasteiger partial charge in [0.1, 0.15) is 6.04 Å². The largest absolute Gasteiger partial charge is 0.478 e. The van der Waals surface area contributed by atoms with E-state index < -0.39 is 23.9 Å². The average Bonchev–Trinajstić information content (AvgIpc) is 2.44. The van der Waals surface area contributed by atoms with E-state index in [0.29, 0.717) is 6.42 Å². The van der Waals surface area contributed by atoms with Crippen LogP contribution in [0.1, 0.15) is 30.6 Å². The van der Waals surface area contributed by atoms with Crippen LogP contribution in [0.2, 0.25) is 0 Å². The monoisotopic (exact) mass is 293 g/mol. The molecule has 1 aromatic rings. The molecule has 0 aliphatic heterocycles. The third kappa shape index (κ3) is 4.48. The van der Waals surface area contributed by atoms with Crippen LogP contribution < -0.4 is 16.4 Å². The maximum absolute atomic E-state index is 12.2. The van der Waals surface area contributed by atoms with Crippen LogP contribution in [-0.4, -0.2) is 29.1 Å². The molecule has 0 aliphatic rings. The predicted molar refractivity (Wildman–Crippen MR) is 78.0 cm³/mol. The van der Waals surface area contributed by atoms with E-state index in [1.807, 2.05) is 6.92 Å². The number of anilines is 1. The number of para-hydroxylation sites is 1. The fraction of sp³-hybridized carbons (Fsp3) is 0.357. The van der Waals surface area contributed by atoms with Crippen molar-refractivity contribution in [2.24, 2.45) is 11.7 Å². The summed E-state index contributed by atoms with van der Waals surface area (Å²) in [5, 5.41) is 14.0. The molecule has 0 aliphatic carbocycles. The van der Waals surface area contributed by atoms with Crippen LogP contribution in [0, 0.1) is 5.92 Å². The lowest BCUT2D eigenvalue weighted by Gasteiger charge is -2.22. The van der Waals surface area contributed by atoms with Gasteiger partial charge in [-0.05, 0) is 18.1 Å². The number of hydrogen-bond donors (Lipinski definition) is 4. The zero-order valence-electron chi connectivity index (χ0n) is 11.9. The first-order valence-corrected chi connectivity index (χ1v) is 6.56. The van der Waals surface area contributed by atoms with Gasteiger partial charge in [-0.2, -0.15) is 0 Å². The lowest BCUT2D eigenvalue weighted by molar-refractivity contribution is -0.119. The topological polar surface area (TPSA) is 122 Å². The van der Waals surface area contributed by atoms with Crippen molar-refractivity contribution in [2.75, 3.05) is 5.32 Å². The van der Waals surface area contributed by atoms with Crippen molar-refractivity contribution in [1.29, 1.82) is 0 Å². The van der Waals surface area contributed by atoms with Crippen LogP contribution in [0.5, 0.6) is 0 Å². The van der Waals surface area contributed by atoms with Gasteiger partial charge in [-0.1, -0.05) is 32.4 Å². The number of carbonyl (C=O) groups is 3. The zero-order chi connectivity index (χ0) is 16.0. The normalized spacial score (nSPS) is 13.0. The highest BCUT2D eigenvalue weighted by Crippen LogP contribution is 2.17. The van der Waals surface area contributed by atoms with Gasteiger partial charge in [0.2, 0.25) is 5.91 Å². The molecule has 0 fully saturated rings. The summed E-state index contributed by atoms with van der Waals surface area (Å²) in [6.07, 6.45) is 0.652. The molecule has 0 heterocycles. The van der Waals surface area contributed by atoms with Crippen molar-refractivity contribution < 1.29 is 19.5 Å². The Kier molecular flexibility index (Phi) is 5.71. The molecule has 7 nitrogen and oxygen atoms in total. The van der Waals surface area contributed by atoms with E-state index in [-0.39, 0.29) is 17.2 Å². The Morgan fingerprint density at radius 3 is 2.43 bits per heavy atom. The number of primary amides is 1. The second kappa shape index (κ2) is 7.28. The van der Waals surface area contributed by atoms with E-state index in [9.17, 15) is 14.4 Å². The number of hydrogen-bond acceptors (Lipinski definition) is 3. The number of carboxylic acids is 1. The number of benzene rings is 1. The Morgan fingerprint density at radius 2 is 1.90 bits per heavy atom. The Bertz CT molecular complexity index is 545. The van der Waals surface area contributed by atoms with Crippen molar-refractivity contribution >= 4 is 23.6 Å². The maximum atomic E-state index is 12.2. The molecular weight excluding hydrogens is 274 g/mol. The molecule has 1 aromatic carbocycles. The van der Waals surface area contributed by atoms with E-state index >= 15 is 0 Å². The number of carbonyl (C=O) groups excluding carboxylic acids is 2. The van der Waals surface area contributed by atoms with Crippen LogP contribution in [0.4, 0.5) is 10.5 Å². The highest BCUT2D eigenvalue weighted by Gasteiger charge is 2.26. The summed E-state index contributed by atoms with van der Waals surface area (Å²) < 4.78 is 0. The van der Waals surface area contributed by atoms with Crippen molar-refractivity contribution in [3.05, 3.63) is 29.8 Å². The smallest absolute Gasteiger partial charge is 0.337 e. The molecule has 0 radical (unpaired) electrons. The average molecular weight is 293 g/mol. The first kappa shape index (κ1) is 16.5. The third-order valence-corrected chi connectivity index (χ3v) is 3.21. The van der Waals surface area contributed by atoms with E-state index in [4.69, 9.17) is 10.8 Å². The highest BCUT2D eigenvalue weighted by molar-refractivity contribution is 6.03. The highest BCUT2D eigenvalue weighted by atomic mass is 16.4. The number of nitrogens with one attached hydrogen (secondary N) is 2. The molecule has 0 spiro atoms. The molecule has 3 amide bonds. The first-order chi connectivity index (χ1) is 9.86. The quantitative estimate of drug-likeness (QED) is 0.633. The molecular formula is C14H19N3O4. The number of urea groups is 1. The van der Waals surface area contributed by atoms with Gasteiger partial charge in [0, 0.05) is 0 Å². The molecule has 2 unspecified atom stereocenters. The van der Waals surface area contributed by atoms with Crippen molar-refractivity contribution in [2.45, 2.75) is 26.3 Å². The predicted octanol–water partition coefficient (Wildman–Crippen LogP) is 1.41. The minimum atomic E-state index is -1.14. The molecule has 5 N–H and O–H groups in total. The van der Waals surface area contributed by atoms with Gasteiger partial charge in [0.25, 0.3) is 0 Å². The van der Waals surface area contributed by atoms with Crippen LogP contribution in [0.3, 0.4) is 0 Å². The van der Waals surface area contributed by atoms with Gasteiger partial charge in [-0.15, -0.1) is 0 Å². The van der Waals surface area contributed by atoms with Crippen molar-refractivity contribution in [3.63, 3.8) is 0 Å². The molecule has 114 valence electrons. The summed E-state index contributed by atoms with van der Waals surface area (Å²) in [5.41, 5.74) is 5.23. The van der Waals surface area contributed by atoms with Gasteiger partial charge < -0.3 is 21.5 Å². The molecule has 0 bridgehead atoms. The van der Waals surface area contributed by atoms with E-state index in [1.54, 1.807) is 19.1 Å². The Labute approximate surface area is 122 Å². The van der Waals surface area contributed by atoms with Crippen LogP contribution in [-0.2, 0) is 4.79 Å². The third-order valence-electron chi connectivity index (χ3n) is 3.21. The molecule has 2 atom stereocenters. The minimum Gasteiger partial charge on any atom is -0.478 e. The maximum Gasteiger partial charge on any atom is 0.337 e. The number of rotatable bonds is 6. The summed E-state index contributed by atoms with van der Waals surface area (Å²) in [7, 11) is 0. The van der Waals surface area contributed by atoms with E-state index in [0.717, 1.165) is 0 Å². The molecule has 0 saturated heterocycles. The first-order valence-electron chi connectivity index (χ1n) is 6.56. The molecule has 0 aromatic heterocycles. The summed E-state index contributed by atoms with van der Waals surface area (Å²) in [5.74, 6) is -1.79. The second-order valence-corrected chi connectivity index (χ2v) is 4.71. The Balaban J connectivity index is 2.96. The van der Waals surface area contributed by atoms with Crippen LogP contribution in [0.15, 0.2) is 24.3 Å². The van der Waals surface area contributed by atoms with Gasteiger partial charge in [-0.25, -0.2) is 9.59 Å².